The van der Waals surface area contributed by atoms with E-state index in [0.717, 1.165) is 5.56 Å². The maximum atomic E-state index is 12.2. The van der Waals surface area contributed by atoms with E-state index in [1.165, 1.54) is 6.20 Å². The number of ether oxygens (including phenoxy) is 1. The van der Waals surface area contributed by atoms with Crippen LogP contribution in [-0.4, -0.2) is 17.8 Å². The van der Waals surface area contributed by atoms with Gasteiger partial charge in [0, 0.05) is 11.6 Å². The summed E-state index contributed by atoms with van der Waals surface area (Å²) in [6, 6.07) is 6.90. The quantitative estimate of drug-likeness (QED) is 0.826. The molecule has 0 spiro atoms. The highest BCUT2D eigenvalue weighted by Crippen LogP contribution is 2.30. The molecule has 112 valence electrons. The number of fused-ring (bicyclic) bond motifs is 1. The van der Waals surface area contributed by atoms with Crippen LogP contribution in [0.15, 0.2) is 24.4 Å². The third-order valence-corrected chi connectivity index (χ3v) is 2.47. The minimum Gasteiger partial charge on any atom is -0.482 e. The lowest BCUT2D eigenvalue weighted by Gasteiger charge is -2.12. The van der Waals surface area contributed by atoms with Crippen LogP contribution in [0.1, 0.15) is 25.0 Å². The summed E-state index contributed by atoms with van der Waals surface area (Å²) in [5.41, 5.74) is 1.32. The lowest BCUT2D eigenvalue weighted by Crippen LogP contribution is -2.19. The summed E-state index contributed by atoms with van der Waals surface area (Å²) in [5.74, 6) is -0.0754. The molecule has 0 saturated carbocycles. The highest BCUT2D eigenvalue weighted by Gasteiger charge is 2.29. The smallest absolute Gasteiger partial charge is 0.422 e. The number of aromatic nitrogens is 1. The second-order valence-corrected chi connectivity index (χ2v) is 4.04. The number of halogens is 3. The van der Waals surface area contributed by atoms with Crippen LogP contribution < -0.4 is 4.74 Å². The highest BCUT2D eigenvalue weighted by molar-refractivity contribution is 5.87. The molecule has 0 aliphatic carbocycles. The van der Waals surface area contributed by atoms with Crippen LogP contribution in [0.5, 0.6) is 5.75 Å². The molecule has 6 heteroatoms. The zero-order chi connectivity index (χ0) is 16.0. The van der Waals surface area contributed by atoms with E-state index in [9.17, 15) is 13.2 Å². The van der Waals surface area contributed by atoms with Crippen molar-refractivity contribution in [3.05, 3.63) is 35.5 Å². The van der Waals surface area contributed by atoms with Crippen molar-refractivity contribution in [3.63, 3.8) is 0 Å². The fourth-order valence-electron chi connectivity index (χ4n) is 1.67. The molecule has 3 nitrogen and oxygen atoms in total. The van der Waals surface area contributed by atoms with E-state index < -0.39 is 12.8 Å². The lowest BCUT2D eigenvalue weighted by molar-refractivity contribution is -0.153. The number of benzene rings is 1. The molecule has 0 atom stereocenters. The van der Waals surface area contributed by atoms with E-state index in [4.69, 9.17) is 10.00 Å². The molecule has 21 heavy (non-hydrogen) atoms. The molecule has 0 aliphatic rings. The lowest BCUT2D eigenvalue weighted by atomic mass is 10.1. The number of hydrogen-bond donors (Lipinski definition) is 0. The Morgan fingerprint density at radius 2 is 1.95 bits per heavy atom. The Bertz CT molecular complexity index is 660. The van der Waals surface area contributed by atoms with Crippen LogP contribution in [0.3, 0.4) is 0 Å². The van der Waals surface area contributed by atoms with Crippen molar-refractivity contribution in [1.82, 2.24) is 4.98 Å². The van der Waals surface area contributed by atoms with Gasteiger partial charge in [0.2, 0.25) is 0 Å². The Kier molecular flexibility index (Phi) is 5.53. The first-order chi connectivity index (χ1) is 9.90. The molecular weight excluding hydrogens is 281 g/mol. The van der Waals surface area contributed by atoms with E-state index in [1.54, 1.807) is 31.2 Å². The van der Waals surface area contributed by atoms with Crippen molar-refractivity contribution in [1.29, 1.82) is 5.26 Å². The molecular formula is C15H15F3N2O. The molecule has 0 aliphatic heterocycles. The maximum absolute atomic E-state index is 12.2. The molecule has 0 saturated heterocycles. The van der Waals surface area contributed by atoms with Gasteiger partial charge in [-0.25, -0.2) is 0 Å². The molecule has 0 radical (unpaired) electrons. The Morgan fingerprint density at radius 3 is 2.52 bits per heavy atom. The van der Waals surface area contributed by atoms with Gasteiger partial charge in [-0.3, -0.25) is 4.98 Å². The zero-order valence-corrected chi connectivity index (χ0v) is 12.0. The second kappa shape index (κ2) is 6.93. The van der Waals surface area contributed by atoms with Gasteiger partial charge in [0.05, 0.1) is 5.52 Å². The molecule has 0 N–H and O–H groups in total. The summed E-state index contributed by atoms with van der Waals surface area (Å²) in [7, 11) is 0. The molecule has 1 heterocycles. The predicted octanol–water partition coefficient (Wildman–Crippen LogP) is 4.38. The summed E-state index contributed by atoms with van der Waals surface area (Å²) in [5, 5.41) is 9.33. The number of alkyl halides is 3. The Morgan fingerprint density at radius 1 is 1.29 bits per heavy atom. The van der Waals surface area contributed by atoms with Crippen molar-refractivity contribution < 1.29 is 17.9 Å². The highest BCUT2D eigenvalue weighted by atomic mass is 19.4. The van der Waals surface area contributed by atoms with E-state index in [-0.39, 0.29) is 11.3 Å². The maximum Gasteiger partial charge on any atom is 0.422 e. The first kappa shape index (κ1) is 16.8. The van der Waals surface area contributed by atoms with E-state index in [1.807, 2.05) is 13.8 Å². The first-order valence-electron chi connectivity index (χ1n) is 6.40. The fraction of sp³-hybridized carbons (Fsp3) is 0.333. The third-order valence-electron chi connectivity index (χ3n) is 2.47. The van der Waals surface area contributed by atoms with Gasteiger partial charge in [-0.2, -0.15) is 18.4 Å². The normalized spacial score (nSPS) is 10.5. The molecule has 1 aromatic carbocycles. The second-order valence-electron chi connectivity index (χ2n) is 4.04. The van der Waals surface area contributed by atoms with Crippen molar-refractivity contribution >= 4 is 10.9 Å². The van der Waals surface area contributed by atoms with Crippen molar-refractivity contribution in [2.24, 2.45) is 0 Å². The Balaban J connectivity index is 0.00000106. The number of aryl methyl sites for hydroxylation is 1. The largest absolute Gasteiger partial charge is 0.482 e. The molecule has 2 aromatic rings. The Labute approximate surface area is 121 Å². The van der Waals surface area contributed by atoms with Crippen LogP contribution in [0, 0.1) is 18.3 Å². The van der Waals surface area contributed by atoms with Gasteiger partial charge in [0.1, 0.15) is 17.4 Å². The standard InChI is InChI=1S/C13H9F3N2O.C2H6/c1-8-2-3-11-10(4-8)12(9(5-17)6-18-11)19-7-13(14,15)16;1-2/h2-4,6H,7H2,1H3;1-2H3. The number of hydrogen-bond acceptors (Lipinski definition) is 3. The van der Waals surface area contributed by atoms with Crippen molar-refractivity contribution in [2.75, 3.05) is 6.61 Å². The first-order valence-corrected chi connectivity index (χ1v) is 6.40. The number of nitriles is 1. The summed E-state index contributed by atoms with van der Waals surface area (Å²) in [4.78, 5) is 4.01. The SMILES string of the molecule is CC.Cc1ccc2ncc(C#N)c(OCC(F)(F)F)c2c1. The van der Waals surface area contributed by atoms with E-state index in [0.29, 0.717) is 10.9 Å². The van der Waals surface area contributed by atoms with Crippen LogP contribution in [-0.2, 0) is 0 Å². The Hall–Kier alpha value is -2.29. The molecule has 0 bridgehead atoms. The van der Waals surface area contributed by atoms with Crippen LogP contribution in [0.25, 0.3) is 10.9 Å². The van der Waals surface area contributed by atoms with Gasteiger partial charge in [-0.05, 0) is 19.1 Å². The summed E-state index contributed by atoms with van der Waals surface area (Å²) < 4.78 is 41.5. The van der Waals surface area contributed by atoms with Crippen LogP contribution >= 0.6 is 0 Å². The number of rotatable bonds is 2. The predicted molar refractivity (Wildman–Crippen MR) is 74.1 cm³/mol. The molecule has 1 aromatic heterocycles. The number of nitrogens with zero attached hydrogens (tertiary/aromatic N) is 2. The van der Waals surface area contributed by atoms with E-state index in [2.05, 4.69) is 4.98 Å². The van der Waals surface area contributed by atoms with Crippen molar-refractivity contribution in [2.45, 2.75) is 26.9 Å². The van der Waals surface area contributed by atoms with Crippen molar-refractivity contribution in [3.8, 4) is 11.8 Å². The van der Waals surface area contributed by atoms with Gasteiger partial charge < -0.3 is 4.74 Å². The number of pyridine rings is 1. The van der Waals surface area contributed by atoms with Crippen LogP contribution in [0.4, 0.5) is 13.2 Å². The molecule has 0 amide bonds. The molecule has 0 unspecified atom stereocenters. The molecule has 2 rings (SSSR count). The average Bonchev–Trinajstić information content (AvgIpc) is 2.45. The summed E-state index contributed by atoms with van der Waals surface area (Å²) in [6.07, 6.45) is -3.24. The monoisotopic (exact) mass is 296 g/mol. The zero-order valence-electron chi connectivity index (χ0n) is 12.0. The minimum atomic E-state index is -4.45. The average molecular weight is 296 g/mol. The van der Waals surface area contributed by atoms with Crippen LogP contribution in [0.2, 0.25) is 0 Å². The van der Waals surface area contributed by atoms with Gasteiger partial charge >= 0.3 is 6.18 Å². The van der Waals surface area contributed by atoms with Gasteiger partial charge in [-0.15, -0.1) is 0 Å². The minimum absolute atomic E-state index is 0.0117. The summed E-state index contributed by atoms with van der Waals surface area (Å²) >= 11 is 0. The van der Waals surface area contributed by atoms with Gasteiger partial charge in [0.25, 0.3) is 0 Å². The topological polar surface area (TPSA) is 45.9 Å². The van der Waals surface area contributed by atoms with Gasteiger partial charge in [0.15, 0.2) is 6.61 Å². The fourth-order valence-corrected chi connectivity index (χ4v) is 1.67. The van der Waals surface area contributed by atoms with E-state index >= 15 is 0 Å². The summed E-state index contributed by atoms with van der Waals surface area (Å²) in [6.45, 7) is 4.36. The molecule has 0 fully saturated rings. The van der Waals surface area contributed by atoms with Gasteiger partial charge in [-0.1, -0.05) is 25.5 Å². The third kappa shape index (κ3) is 4.35.